The first-order valence-corrected chi connectivity index (χ1v) is 6.08. The van der Waals surface area contributed by atoms with Crippen LogP contribution in [0.25, 0.3) is 5.69 Å². The van der Waals surface area contributed by atoms with E-state index in [4.69, 9.17) is 0 Å². The molecule has 0 aliphatic heterocycles. The molecule has 2 rings (SSSR count). The van der Waals surface area contributed by atoms with Crippen LogP contribution in [-0.2, 0) is 6.54 Å². The molecule has 0 spiro atoms. The van der Waals surface area contributed by atoms with Crippen LogP contribution in [0.5, 0.6) is 0 Å². The van der Waals surface area contributed by atoms with E-state index in [1.165, 1.54) is 12.1 Å². The van der Waals surface area contributed by atoms with Crippen molar-refractivity contribution in [1.82, 2.24) is 25.5 Å². The minimum absolute atomic E-state index is 0.238. The van der Waals surface area contributed by atoms with Gasteiger partial charge in [-0.1, -0.05) is 13.0 Å². The number of nitrogens with zero attached hydrogens (tertiary/aromatic N) is 4. The third-order valence-corrected chi connectivity index (χ3v) is 2.72. The zero-order valence-electron chi connectivity index (χ0n) is 10.8. The first-order chi connectivity index (χ1) is 9.15. The van der Waals surface area contributed by atoms with Gasteiger partial charge in [0.2, 0.25) is 0 Å². The summed E-state index contributed by atoms with van der Waals surface area (Å²) < 4.78 is 28.9. The molecule has 1 N–H and O–H groups in total. The molecule has 102 valence electrons. The summed E-state index contributed by atoms with van der Waals surface area (Å²) in [6.45, 7) is 4.73. The highest BCUT2D eigenvalue weighted by Crippen LogP contribution is 2.20. The maximum absolute atomic E-state index is 14.0. The van der Waals surface area contributed by atoms with Crippen LogP contribution in [0.2, 0.25) is 0 Å². The zero-order chi connectivity index (χ0) is 13.8. The van der Waals surface area contributed by atoms with Crippen molar-refractivity contribution in [3.05, 3.63) is 35.2 Å². The van der Waals surface area contributed by atoms with Gasteiger partial charge in [-0.3, -0.25) is 0 Å². The number of tetrazole rings is 1. The first-order valence-electron chi connectivity index (χ1n) is 6.08. The summed E-state index contributed by atoms with van der Waals surface area (Å²) in [4.78, 5) is 0. The average Bonchev–Trinajstić information content (AvgIpc) is 2.83. The average molecular weight is 267 g/mol. The lowest BCUT2D eigenvalue weighted by molar-refractivity contribution is 0.541. The molecule has 1 aromatic heterocycles. The van der Waals surface area contributed by atoms with Gasteiger partial charge in [-0.15, -0.1) is 5.10 Å². The summed E-state index contributed by atoms with van der Waals surface area (Å²) in [5, 5.41) is 14.0. The third kappa shape index (κ3) is 2.76. The number of rotatable bonds is 5. The van der Waals surface area contributed by atoms with Crippen LogP contribution in [0.15, 0.2) is 12.1 Å². The quantitative estimate of drug-likeness (QED) is 0.838. The molecule has 0 fully saturated rings. The molecule has 0 aliphatic carbocycles. The second kappa shape index (κ2) is 5.83. The molecule has 0 aliphatic rings. The van der Waals surface area contributed by atoms with Gasteiger partial charge in [0, 0.05) is 0 Å². The van der Waals surface area contributed by atoms with Gasteiger partial charge in [-0.25, -0.2) is 8.78 Å². The summed E-state index contributed by atoms with van der Waals surface area (Å²) in [6, 6.07) is 2.59. The minimum atomic E-state index is -0.688. The van der Waals surface area contributed by atoms with Crippen LogP contribution in [0.4, 0.5) is 8.78 Å². The van der Waals surface area contributed by atoms with E-state index in [9.17, 15) is 8.78 Å². The molecule has 0 atom stereocenters. The first kappa shape index (κ1) is 13.5. The Bertz CT molecular complexity index is 567. The number of nitrogens with one attached hydrogen (secondary N) is 1. The number of benzene rings is 1. The van der Waals surface area contributed by atoms with Crippen molar-refractivity contribution in [2.24, 2.45) is 0 Å². The fourth-order valence-electron chi connectivity index (χ4n) is 1.70. The van der Waals surface area contributed by atoms with E-state index < -0.39 is 11.6 Å². The monoisotopic (exact) mass is 267 g/mol. The molecular formula is C12H15F2N5. The Morgan fingerprint density at radius 3 is 2.84 bits per heavy atom. The van der Waals surface area contributed by atoms with E-state index in [1.54, 1.807) is 6.92 Å². The molecule has 1 heterocycles. The topological polar surface area (TPSA) is 55.6 Å². The molecule has 2 aromatic rings. The fraction of sp³-hybridized carbons (Fsp3) is 0.417. The van der Waals surface area contributed by atoms with Gasteiger partial charge >= 0.3 is 0 Å². The Balaban J connectivity index is 2.37. The SMILES string of the molecule is CCCNCc1nnnn1-c1c(F)ccc(C)c1F. The number of halogens is 2. The fourth-order valence-corrected chi connectivity index (χ4v) is 1.70. The lowest BCUT2D eigenvalue weighted by atomic mass is 10.2. The molecule has 0 amide bonds. The molecule has 0 saturated carbocycles. The van der Waals surface area contributed by atoms with Crippen molar-refractivity contribution < 1.29 is 8.78 Å². The predicted octanol–water partition coefficient (Wildman–Crippen LogP) is 1.75. The Kier molecular flexibility index (Phi) is 4.16. The van der Waals surface area contributed by atoms with Gasteiger partial charge in [0.25, 0.3) is 0 Å². The lowest BCUT2D eigenvalue weighted by Crippen LogP contribution is -2.18. The molecule has 0 unspecified atom stereocenters. The Hall–Kier alpha value is -1.89. The summed E-state index contributed by atoms with van der Waals surface area (Å²) in [5.74, 6) is -0.965. The zero-order valence-corrected chi connectivity index (χ0v) is 10.8. The second-order valence-electron chi connectivity index (χ2n) is 4.21. The van der Waals surface area contributed by atoms with Gasteiger partial charge in [0.05, 0.1) is 6.54 Å². The van der Waals surface area contributed by atoms with Crippen LogP contribution in [0.1, 0.15) is 24.7 Å². The van der Waals surface area contributed by atoms with E-state index in [1.807, 2.05) is 6.92 Å². The number of aromatic nitrogens is 4. The molecule has 7 heteroatoms. The summed E-state index contributed by atoms with van der Waals surface area (Å²) in [7, 11) is 0. The maximum Gasteiger partial charge on any atom is 0.170 e. The standard InChI is InChI=1S/C12H15F2N5/c1-3-6-15-7-10-16-17-18-19(10)12-9(13)5-4-8(2)11(12)14/h4-5,15H,3,6-7H2,1-2H3. The number of hydrogen-bond donors (Lipinski definition) is 1. The summed E-state index contributed by atoms with van der Waals surface area (Å²) in [6.07, 6.45) is 0.953. The lowest BCUT2D eigenvalue weighted by Gasteiger charge is -2.09. The van der Waals surface area contributed by atoms with Crippen molar-refractivity contribution in [2.75, 3.05) is 6.54 Å². The largest absolute Gasteiger partial charge is 0.310 e. The summed E-state index contributed by atoms with van der Waals surface area (Å²) in [5.41, 5.74) is 0.109. The second-order valence-corrected chi connectivity index (χ2v) is 4.21. The van der Waals surface area contributed by atoms with Crippen LogP contribution < -0.4 is 5.32 Å². The van der Waals surface area contributed by atoms with Crippen LogP contribution in [0.3, 0.4) is 0 Å². The third-order valence-electron chi connectivity index (χ3n) is 2.72. The van der Waals surface area contributed by atoms with Gasteiger partial charge in [-0.2, -0.15) is 4.68 Å². The Labute approximate surface area is 109 Å². The molecule has 5 nitrogen and oxygen atoms in total. The van der Waals surface area contributed by atoms with Crippen molar-refractivity contribution >= 4 is 0 Å². The number of aryl methyl sites for hydroxylation is 1. The van der Waals surface area contributed by atoms with Crippen LogP contribution >= 0.6 is 0 Å². The van der Waals surface area contributed by atoms with Crippen molar-refractivity contribution in [1.29, 1.82) is 0 Å². The van der Waals surface area contributed by atoms with E-state index in [-0.39, 0.29) is 5.69 Å². The molecular weight excluding hydrogens is 252 g/mol. The maximum atomic E-state index is 14.0. The van der Waals surface area contributed by atoms with Gasteiger partial charge < -0.3 is 5.32 Å². The Morgan fingerprint density at radius 1 is 1.32 bits per heavy atom. The highest BCUT2D eigenvalue weighted by atomic mass is 19.1. The van der Waals surface area contributed by atoms with E-state index >= 15 is 0 Å². The highest BCUT2D eigenvalue weighted by Gasteiger charge is 2.18. The van der Waals surface area contributed by atoms with Crippen LogP contribution in [-0.4, -0.2) is 26.8 Å². The highest BCUT2D eigenvalue weighted by molar-refractivity contribution is 5.38. The molecule has 1 aromatic carbocycles. The van der Waals surface area contributed by atoms with Gasteiger partial charge in [-0.05, 0) is 41.9 Å². The van der Waals surface area contributed by atoms with Gasteiger partial charge in [0.1, 0.15) is 5.69 Å². The minimum Gasteiger partial charge on any atom is -0.310 e. The Morgan fingerprint density at radius 2 is 2.11 bits per heavy atom. The van der Waals surface area contributed by atoms with Gasteiger partial charge in [0.15, 0.2) is 17.5 Å². The van der Waals surface area contributed by atoms with Crippen molar-refractivity contribution in [2.45, 2.75) is 26.8 Å². The smallest absolute Gasteiger partial charge is 0.170 e. The molecule has 0 radical (unpaired) electrons. The normalized spacial score (nSPS) is 10.9. The van der Waals surface area contributed by atoms with Crippen molar-refractivity contribution in [3.8, 4) is 5.69 Å². The predicted molar refractivity (Wildman–Crippen MR) is 65.8 cm³/mol. The number of hydrogen-bond acceptors (Lipinski definition) is 4. The molecule has 0 saturated heterocycles. The molecule has 19 heavy (non-hydrogen) atoms. The molecule has 0 bridgehead atoms. The van der Waals surface area contributed by atoms with Crippen LogP contribution in [0, 0.1) is 18.6 Å². The van der Waals surface area contributed by atoms with Crippen molar-refractivity contribution in [3.63, 3.8) is 0 Å². The van der Waals surface area contributed by atoms with E-state index in [2.05, 4.69) is 20.8 Å². The van der Waals surface area contributed by atoms with E-state index in [0.29, 0.717) is 17.9 Å². The summed E-state index contributed by atoms with van der Waals surface area (Å²) >= 11 is 0. The van der Waals surface area contributed by atoms with E-state index in [0.717, 1.165) is 17.6 Å².